The largest absolute Gasteiger partial charge is 0.497 e. The van der Waals surface area contributed by atoms with Crippen molar-refractivity contribution in [3.8, 4) is 5.75 Å². The standard InChI is InChI=1S/C18H19ClN2O3/c1-12-15(4-3-5-16(12)19)18(23)21-11-17(22)20-10-13-6-8-14(24-2)9-7-13/h3-9H,10-11H2,1-2H3,(H,20,22)(H,21,23). The third-order valence-corrected chi connectivity index (χ3v) is 3.98. The van der Waals surface area contributed by atoms with Crippen LogP contribution >= 0.6 is 11.6 Å². The molecule has 6 heteroatoms. The van der Waals surface area contributed by atoms with Gasteiger partial charge >= 0.3 is 0 Å². The molecule has 0 heterocycles. The summed E-state index contributed by atoms with van der Waals surface area (Å²) in [5, 5.41) is 5.86. The summed E-state index contributed by atoms with van der Waals surface area (Å²) in [6.45, 7) is 2.05. The topological polar surface area (TPSA) is 67.4 Å². The molecule has 2 aromatic carbocycles. The van der Waals surface area contributed by atoms with Crippen LogP contribution < -0.4 is 15.4 Å². The lowest BCUT2D eigenvalue weighted by Crippen LogP contribution is -2.36. The average Bonchev–Trinajstić information content (AvgIpc) is 2.60. The highest BCUT2D eigenvalue weighted by molar-refractivity contribution is 6.31. The van der Waals surface area contributed by atoms with Gasteiger partial charge < -0.3 is 15.4 Å². The number of carbonyl (C=O) groups is 2. The monoisotopic (exact) mass is 346 g/mol. The lowest BCUT2D eigenvalue weighted by molar-refractivity contribution is -0.120. The predicted molar refractivity (Wildman–Crippen MR) is 93.4 cm³/mol. The molecule has 5 nitrogen and oxygen atoms in total. The Hall–Kier alpha value is -2.53. The molecule has 2 amide bonds. The van der Waals surface area contributed by atoms with Crippen LogP contribution in [0.25, 0.3) is 0 Å². The van der Waals surface area contributed by atoms with Crippen molar-refractivity contribution >= 4 is 23.4 Å². The van der Waals surface area contributed by atoms with E-state index < -0.39 is 0 Å². The molecule has 2 N–H and O–H groups in total. The second-order valence-corrected chi connectivity index (χ2v) is 5.63. The van der Waals surface area contributed by atoms with Gasteiger partial charge in [0, 0.05) is 17.1 Å². The summed E-state index contributed by atoms with van der Waals surface area (Å²) in [7, 11) is 1.60. The van der Waals surface area contributed by atoms with Gasteiger partial charge in [-0.3, -0.25) is 9.59 Å². The van der Waals surface area contributed by atoms with Crippen molar-refractivity contribution < 1.29 is 14.3 Å². The van der Waals surface area contributed by atoms with Crippen LogP contribution in [0.4, 0.5) is 0 Å². The van der Waals surface area contributed by atoms with Crippen molar-refractivity contribution in [3.05, 3.63) is 64.2 Å². The fraction of sp³-hybridized carbons (Fsp3) is 0.222. The molecule has 0 bridgehead atoms. The maximum absolute atomic E-state index is 12.1. The van der Waals surface area contributed by atoms with Crippen molar-refractivity contribution in [2.24, 2.45) is 0 Å². The number of carbonyl (C=O) groups excluding carboxylic acids is 2. The van der Waals surface area contributed by atoms with E-state index in [0.29, 0.717) is 22.7 Å². The summed E-state index contributed by atoms with van der Waals surface area (Å²) >= 11 is 5.99. The zero-order chi connectivity index (χ0) is 17.5. The van der Waals surface area contributed by atoms with Crippen molar-refractivity contribution in [1.82, 2.24) is 10.6 Å². The minimum absolute atomic E-state index is 0.0963. The highest BCUT2D eigenvalue weighted by Crippen LogP contribution is 2.18. The Bertz CT molecular complexity index is 730. The first-order valence-electron chi connectivity index (χ1n) is 7.44. The van der Waals surface area contributed by atoms with E-state index >= 15 is 0 Å². The normalized spacial score (nSPS) is 10.1. The zero-order valence-corrected chi connectivity index (χ0v) is 14.3. The van der Waals surface area contributed by atoms with Crippen LogP contribution in [-0.2, 0) is 11.3 Å². The van der Waals surface area contributed by atoms with Gasteiger partial charge in [-0.2, -0.15) is 0 Å². The molecule has 0 radical (unpaired) electrons. The first-order valence-corrected chi connectivity index (χ1v) is 7.82. The number of rotatable bonds is 6. The molecule has 0 aliphatic carbocycles. The summed E-state index contributed by atoms with van der Waals surface area (Å²) < 4.78 is 5.08. The van der Waals surface area contributed by atoms with Gasteiger partial charge in [-0.05, 0) is 42.3 Å². The molecule has 0 saturated heterocycles. The van der Waals surface area contributed by atoms with Crippen LogP contribution in [0.2, 0.25) is 5.02 Å². The smallest absolute Gasteiger partial charge is 0.252 e. The van der Waals surface area contributed by atoms with E-state index in [2.05, 4.69) is 10.6 Å². The van der Waals surface area contributed by atoms with E-state index in [-0.39, 0.29) is 18.4 Å². The van der Waals surface area contributed by atoms with Crippen molar-refractivity contribution in [3.63, 3.8) is 0 Å². The molecular formula is C18H19ClN2O3. The summed E-state index contributed by atoms with van der Waals surface area (Å²) in [6.07, 6.45) is 0. The molecule has 0 fully saturated rings. The SMILES string of the molecule is COc1ccc(CNC(=O)CNC(=O)c2cccc(Cl)c2C)cc1. The number of nitrogens with one attached hydrogen (secondary N) is 2. The van der Waals surface area contributed by atoms with E-state index in [1.807, 2.05) is 24.3 Å². The van der Waals surface area contributed by atoms with E-state index in [1.54, 1.807) is 32.2 Å². The Morgan fingerprint density at radius 1 is 1.08 bits per heavy atom. The number of ether oxygens (including phenoxy) is 1. The highest BCUT2D eigenvalue weighted by atomic mass is 35.5. The van der Waals surface area contributed by atoms with Crippen LogP contribution in [0.15, 0.2) is 42.5 Å². The van der Waals surface area contributed by atoms with Crippen LogP contribution in [0.5, 0.6) is 5.75 Å². The van der Waals surface area contributed by atoms with Crippen molar-refractivity contribution in [2.75, 3.05) is 13.7 Å². The number of benzene rings is 2. The molecule has 0 aromatic heterocycles. The summed E-state index contributed by atoms with van der Waals surface area (Å²) in [5.41, 5.74) is 2.10. The second-order valence-electron chi connectivity index (χ2n) is 5.22. The Morgan fingerprint density at radius 2 is 1.79 bits per heavy atom. The minimum atomic E-state index is -0.324. The molecule has 2 rings (SSSR count). The highest BCUT2D eigenvalue weighted by Gasteiger charge is 2.12. The number of methoxy groups -OCH3 is 1. The summed E-state index contributed by atoms with van der Waals surface area (Å²) in [5.74, 6) is 0.169. The van der Waals surface area contributed by atoms with Gasteiger partial charge in [-0.1, -0.05) is 29.8 Å². The van der Waals surface area contributed by atoms with Crippen molar-refractivity contribution in [1.29, 1.82) is 0 Å². The van der Waals surface area contributed by atoms with Gasteiger partial charge in [0.15, 0.2) is 0 Å². The third-order valence-electron chi connectivity index (χ3n) is 3.57. The Balaban J connectivity index is 1.82. The first-order chi connectivity index (χ1) is 11.5. The molecular weight excluding hydrogens is 328 g/mol. The lowest BCUT2D eigenvalue weighted by Gasteiger charge is -2.09. The molecule has 0 atom stereocenters. The summed E-state index contributed by atoms with van der Waals surface area (Å²) in [4.78, 5) is 24.0. The average molecular weight is 347 g/mol. The molecule has 126 valence electrons. The van der Waals surface area contributed by atoms with Crippen LogP contribution in [-0.4, -0.2) is 25.5 Å². The first kappa shape index (κ1) is 17.8. The predicted octanol–water partition coefficient (Wildman–Crippen LogP) is 2.70. The van der Waals surface area contributed by atoms with Gasteiger partial charge in [-0.25, -0.2) is 0 Å². The quantitative estimate of drug-likeness (QED) is 0.845. The zero-order valence-electron chi connectivity index (χ0n) is 13.6. The number of hydrogen-bond acceptors (Lipinski definition) is 3. The van der Waals surface area contributed by atoms with E-state index in [0.717, 1.165) is 11.3 Å². The maximum atomic E-state index is 12.1. The number of halogens is 1. The fourth-order valence-electron chi connectivity index (χ4n) is 2.12. The number of amides is 2. The van der Waals surface area contributed by atoms with E-state index in [1.165, 1.54) is 0 Å². The number of hydrogen-bond donors (Lipinski definition) is 2. The van der Waals surface area contributed by atoms with Gasteiger partial charge in [0.25, 0.3) is 5.91 Å². The minimum Gasteiger partial charge on any atom is -0.497 e. The van der Waals surface area contributed by atoms with Crippen LogP contribution in [0.3, 0.4) is 0 Å². The van der Waals surface area contributed by atoms with Crippen LogP contribution in [0.1, 0.15) is 21.5 Å². The third kappa shape index (κ3) is 4.73. The summed E-state index contributed by atoms with van der Waals surface area (Å²) in [6, 6.07) is 12.5. The van der Waals surface area contributed by atoms with E-state index in [4.69, 9.17) is 16.3 Å². The molecule has 0 spiro atoms. The lowest BCUT2D eigenvalue weighted by atomic mass is 10.1. The van der Waals surface area contributed by atoms with Gasteiger partial charge in [-0.15, -0.1) is 0 Å². The Kier molecular flexibility index (Phi) is 6.21. The maximum Gasteiger partial charge on any atom is 0.252 e. The van der Waals surface area contributed by atoms with Gasteiger partial charge in [0.2, 0.25) is 5.91 Å². The van der Waals surface area contributed by atoms with Gasteiger partial charge in [0.1, 0.15) is 5.75 Å². The molecule has 0 saturated carbocycles. The van der Waals surface area contributed by atoms with Crippen molar-refractivity contribution in [2.45, 2.75) is 13.5 Å². The molecule has 24 heavy (non-hydrogen) atoms. The Morgan fingerprint density at radius 3 is 2.46 bits per heavy atom. The second kappa shape index (κ2) is 8.36. The fourth-order valence-corrected chi connectivity index (χ4v) is 2.29. The molecule has 0 aliphatic heterocycles. The molecule has 2 aromatic rings. The Labute approximate surface area is 146 Å². The molecule has 0 aliphatic rings. The van der Waals surface area contributed by atoms with Crippen LogP contribution in [0, 0.1) is 6.92 Å². The molecule has 0 unspecified atom stereocenters. The van der Waals surface area contributed by atoms with E-state index in [9.17, 15) is 9.59 Å². The van der Waals surface area contributed by atoms with Gasteiger partial charge in [0.05, 0.1) is 13.7 Å².